The van der Waals surface area contributed by atoms with Crippen molar-refractivity contribution >= 4 is 22.8 Å². The zero-order valence-corrected chi connectivity index (χ0v) is 13.9. The molecule has 5 nitrogen and oxygen atoms in total. The maximum absolute atomic E-state index is 13.9. The van der Waals surface area contributed by atoms with Gasteiger partial charge in [-0.25, -0.2) is 9.18 Å². The van der Waals surface area contributed by atoms with Crippen LogP contribution in [0.1, 0.15) is 11.1 Å². The topological polar surface area (TPSA) is 62.3 Å². The van der Waals surface area contributed by atoms with E-state index < -0.39 is 17.9 Å². The minimum atomic E-state index is -0.613. The van der Waals surface area contributed by atoms with Crippen molar-refractivity contribution in [1.29, 1.82) is 0 Å². The van der Waals surface area contributed by atoms with E-state index in [9.17, 15) is 14.0 Å². The van der Waals surface area contributed by atoms with Crippen LogP contribution in [-0.2, 0) is 17.8 Å². The third-order valence-electron chi connectivity index (χ3n) is 4.47. The van der Waals surface area contributed by atoms with Crippen LogP contribution < -0.4 is 5.32 Å². The van der Waals surface area contributed by atoms with Gasteiger partial charge in [-0.15, -0.1) is 0 Å². The van der Waals surface area contributed by atoms with Gasteiger partial charge in [-0.05, 0) is 23.8 Å². The molecule has 2 heterocycles. The average Bonchev–Trinajstić information content (AvgIpc) is 2.90. The molecule has 1 aliphatic heterocycles. The molecule has 6 heteroatoms. The van der Waals surface area contributed by atoms with E-state index in [0.29, 0.717) is 22.9 Å². The maximum atomic E-state index is 13.9. The minimum Gasteiger partial charge on any atom is -0.325 e. The fourth-order valence-corrected chi connectivity index (χ4v) is 3.23. The highest BCUT2D eigenvalue weighted by atomic mass is 19.1. The summed E-state index contributed by atoms with van der Waals surface area (Å²) < 4.78 is 13.9. The highest BCUT2D eigenvalue weighted by molar-refractivity contribution is 6.04. The second-order valence-corrected chi connectivity index (χ2v) is 6.26. The van der Waals surface area contributed by atoms with E-state index in [0.717, 1.165) is 10.5 Å². The normalized spacial score (nSPS) is 17.0. The van der Waals surface area contributed by atoms with Gasteiger partial charge in [0.2, 0.25) is 0 Å². The smallest absolute Gasteiger partial charge is 0.325 e. The quantitative estimate of drug-likeness (QED) is 0.737. The van der Waals surface area contributed by atoms with Crippen molar-refractivity contribution in [2.24, 2.45) is 0 Å². The molecule has 0 spiro atoms. The number of carbonyl (C=O) groups excluding carboxylic acids is 2. The number of fused-ring (bicyclic) bond motifs is 1. The summed E-state index contributed by atoms with van der Waals surface area (Å²) in [7, 11) is 0. The summed E-state index contributed by atoms with van der Waals surface area (Å²) in [4.78, 5) is 30.4. The highest BCUT2D eigenvalue weighted by Crippen LogP contribution is 2.22. The van der Waals surface area contributed by atoms with E-state index >= 15 is 0 Å². The lowest BCUT2D eigenvalue weighted by atomic mass is 10.1. The predicted molar refractivity (Wildman–Crippen MR) is 94.7 cm³/mol. The maximum Gasteiger partial charge on any atom is 0.325 e. The summed E-state index contributed by atoms with van der Waals surface area (Å²) in [5.74, 6) is -0.736. The molecule has 0 saturated carbocycles. The summed E-state index contributed by atoms with van der Waals surface area (Å²) in [6, 6.07) is 14.6. The van der Waals surface area contributed by atoms with Crippen LogP contribution in [0.25, 0.3) is 10.9 Å². The van der Waals surface area contributed by atoms with Gasteiger partial charge >= 0.3 is 6.03 Å². The monoisotopic (exact) mass is 349 g/mol. The number of urea groups is 1. The number of halogens is 1. The summed E-state index contributed by atoms with van der Waals surface area (Å²) in [5, 5.41) is 3.34. The summed E-state index contributed by atoms with van der Waals surface area (Å²) in [6.07, 6.45) is 2.03. The lowest BCUT2D eigenvalue weighted by Crippen LogP contribution is -2.32. The Morgan fingerprint density at radius 2 is 1.88 bits per heavy atom. The van der Waals surface area contributed by atoms with E-state index in [4.69, 9.17) is 0 Å². The molecule has 26 heavy (non-hydrogen) atoms. The molecule has 1 aliphatic rings. The molecule has 0 aliphatic carbocycles. The van der Waals surface area contributed by atoms with Crippen molar-refractivity contribution in [1.82, 2.24) is 15.2 Å². The Kier molecular flexibility index (Phi) is 4.08. The molecule has 1 atom stereocenters. The average molecular weight is 349 g/mol. The molecule has 0 bridgehead atoms. The van der Waals surface area contributed by atoms with Crippen LogP contribution in [0, 0.1) is 5.82 Å². The molecule has 4 rings (SSSR count). The van der Waals surface area contributed by atoms with Gasteiger partial charge in [0, 0.05) is 23.6 Å². The number of benzene rings is 2. The van der Waals surface area contributed by atoms with Gasteiger partial charge in [0.05, 0.1) is 12.1 Å². The number of rotatable bonds is 4. The fourth-order valence-electron chi connectivity index (χ4n) is 3.23. The predicted octanol–water partition coefficient (Wildman–Crippen LogP) is 3.04. The second-order valence-electron chi connectivity index (χ2n) is 6.26. The van der Waals surface area contributed by atoms with E-state index in [2.05, 4.69) is 10.3 Å². The van der Waals surface area contributed by atoms with Gasteiger partial charge in [-0.3, -0.25) is 14.7 Å². The van der Waals surface area contributed by atoms with Crippen molar-refractivity contribution in [3.05, 3.63) is 77.7 Å². The number of pyridine rings is 1. The largest absolute Gasteiger partial charge is 0.325 e. The molecule has 3 aromatic rings. The number of nitrogens with zero attached hydrogens (tertiary/aromatic N) is 2. The molecule has 1 saturated heterocycles. The number of carbonyl (C=O) groups is 2. The Morgan fingerprint density at radius 1 is 1.08 bits per heavy atom. The molecule has 3 amide bonds. The Labute approximate surface area is 149 Å². The van der Waals surface area contributed by atoms with Gasteiger partial charge in [-0.2, -0.15) is 0 Å². The van der Waals surface area contributed by atoms with E-state index in [1.54, 1.807) is 18.3 Å². The Balaban J connectivity index is 1.59. The van der Waals surface area contributed by atoms with Crippen LogP contribution in [0.5, 0.6) is 0 Å². The standard InChI is InChI=1S/C20H16FN3O2/c21-16-10-14-7-4-8-22-18(14)15(11-16)12-24-19(25)17(23-20(24)26)9-13-5-2-1-3-6-13/h1-8,10-11,17H,9,12H2,(H,23,26). The molecule has 1 N–H and O–H groups in total. The molecule has 1 aromatic heterocycles. The summed E-state index contributed by atoms with van der Waals surface area (Å²) >= 11 is 0. The van der Waals surface area contributed by atoms with Gasteiger partial charge in [-0.1, -0.05) is 36.4 Å². The van der Waals surface area contributed by atoms with Crippen LogP contribution in [0.15, 0.2) is 60.8 Å². The van der Waals surface area contributed by atoms with Crippen LogP contribution in [0.3, 0.4) is 0 Å². The molecule has 0 radical (unpaired) electrons. The van der Waals surface area contributed by atoms with Gasteiger partial charge < -0.3 is 5.32 Å². The van der Waals surface area contributed by atoms with Crippen LogP contribution in [0.2, 0.25) is 0 Å². The van der Waals surface area contributed by atoms with E-state index in [-0.39, 0.29) is 12.5 Å². The third kappa shape index (κ3) is 3.01. The number of aromatic nitrogens is 1. The van der Waals surface area contributed by atoms with Crippen LogP contribution in [-0.4, -0.2) is 27.9 Å². The second kappa shape index (κ2) is 6.55. The number of hydrogen-bond donors (Lipinski definition) is 1. The first-order valence-electron chi connectivity index (χ1n) is 8.31. The van der Waals surface area contributed by atoms with Gasteiger partial charge in [0.1, 0.15) is 11.9 Å². The van der Waals surface area contributed by atoms with Crippen molar-refractivity contribution in [3.8, 4) is 0 Å². The number of imide groups is 1. The Morgan fingerprint density at radius 3 is 2.69 bits per heavy atom. The highest BCUT2D eigenvalue weighted by Gasteiger charge is 2.38. The molecule has 2 aromatic carbocycles. The van der Waals surface area contributed by atoms with Gasteiger partial charge in [0.15, 0.2) is 0 Å². The zero-order valence-electron chi connectivity index (χ0n) is 13.9. The molecule has 130 valence electrons. The first-order valence-corrected chi connectivity index (χ1v) is 8.31. The molecular weight excluding hydrogens is 333 g/mol. The first kappa shape index (κ1) is 16.2. The molecule has 1 fully saturated rings. The number of hydrogen-bond acceptors (Lipinski definition) is 3. The van der Waals surface area contributed by atoms with E-state index in [1.165, 1.54) is 12.1 Å². The van der Waals surface area contributed by atoms with Crippen molar-refractivity contribution < 1.29 is 14.0 Å². The Hall–Kier alpha value is -3.28. The van der Waals surface area contributed by atoms with Crippen molar-refractivity contribution in [2.45, 2.75) is 19.0 Å². The Bertz CT molecular complexity index is 991. The van der Waals surface area contributed by atoms with Crippen LogP contribution in [0.4, 0.5) is 9.18 Å². The third-order valence-corrected chi connectivity index (χ3v) is 4.47. The number of nitrogens with one attached hydrogen (secondary N) is 1. The molecule has 1 unspecified atom stereocenters. The lowest BCUT2D eigenvalue weighted by molar-refractivity contribution is -0.127. The lowest BCUT2D eigenvalue weighted by Gasteiger charge is -2.14. The fraction of sp³-hybridized carbons (Fsp3) is 0.150. The molecular formula is C20H16FN3O2. The SMILES string of the molecule is O=C1NC(Cc2ccccc2)C(=O)N1Cc1cc(F)cc2cccnc12. The van der Waals surface area contributed by atoms with Gasteiger partial charge in [0.25, 0.3) is 5.91 Å². The number of amides is 3. The van der Waals surface area contributed by atoms with Crippen molar-refractivity contribution in [2.75, 3.05) is 0 Å². The summed E-state index contributed by atoms with van der Waals surface area (Å²) in [6.45, 7) is -0.0127. The van der Waals surface area contributed by atoms with Crippen molar-refractivity contribution in [3.63, 3.8) is 0 Å². The first-order chi connectivity index (χ1) is 12.6. The van der Waals surface area contributed by atoms with E-state index in [1.807, 2.05) is 30.3 Å². The minimum absolute atomic E-state index is 0.0127. The summed E-state index contributed by atoms with van der Waals surface area (Å²) in [5.41, 5.74) is 2.05. The van der Waals surface area contributed by atoms with Crippen LogP contribution >= 0.6 is 0 Å². The zero-order chi connectivity index (χ0) is 18.1.